The van der Waals surface area contributed by atoms with Gasteiger partial charge in [-0.25, -0.2) is 9.59 Å². The van der Waals surface area contributed by atoms with Crippen LogP contribution in [0.4, 0.5) is 10.5 Å². The summed E-state index contributed by atoms with van der Waals surface area (Å²) in [6.07, 6.45) is 0. The first-order valence-corrected chi connectivity index (χ1v) is 5.39. The zero-order valence-corrected chi connectivity index (χ0v) is 10.3. The summed E-state index contributed by atoms with van der Waals surface area (Å²) in [4.78, 5) is 22.1. The zero-order valence-electron chi connectivity index (χ0n) is 9.58. The smallest absolute Gasteiger partial charge is 0.335 e. The Balaban J connectivity index is 2.69. The molecule has 0 fully saturated rings. The number of nitrogens with one attached hydrogen (secondary N) is 2. The lowest BCUT2D eigenvalue weighted by Gasteiger charge is -2.07. The molecule has 18 heavy (non-hydrogen) atoms. The normalized spacial score (nSPS) is 9.00. The Bertz CT molecular complexity index is 532. The number of halogens is 1. The second-order valence-corrected chi connectivity index (χ2v) is 3.64. The minimum atomic E-state index is -1.08. The van der Waals surface area contributed by atoms with Gasteiger partial charge >= 0.3 is 12.0 Å². The van der Waals surface area contributed by atoms with Gasteiger partial charge in [-0.2, -0.15) is 0 Å². The second-order valence-electron chi connectivity index (χ2n) is 3.23. The van der Waals surface area contributed by atoms with Crippen molar-refractivity contribution in [3.8, 4) is 11.8 Å². The van der Waals surface area contributed by atoms with Gasteiger partial charge in [-0.15, -0.1) is 5.92 Å². The molecule has 0 aliphatic carbocycles. The van der Waals surface area contributed by atoms with Gasteiger partial charge in [0.1, 0.15) is 0 Å². The lowest BCUT2D eigenvalue weighted by molar-refractivity contribution is 0.0697. The third kappa shape index (κ3) is 4.00. The van der Waals surface area contributed by atoms with Gasteiger partial charge in [0.2, 0.25) is 0 Å². The first-order chi connectivity index (χ1) is 8.54. The summed E-state index contributed by atoms with van der Waals surface area (Å²) < 4.78 is 0. The number of benzene rings is 1. The molecule has 6 heteroatoms. The summed E-state index contributed by atoms with van der Waals surface area (Å²) in [5.74, 6) is 4.23. The van der Waals surface area contributed by atoms with Gasteiger partial charge in [-0.05, 0) is 25.1 Å². The van der Waals surface area contributed by atoms with Crippen LogP contribution < -0.4 is 10.6 Å². The largest absolute Gasteiger partial charge is 0.478 e. The van der Waals surface area contributed by atoms with Crippen LogP contribution in [-0.4, -0.2) is 23.7 Å². The van der Waals surface area contributed by atoms with Crippen molar-refractivity contribution >= 4 is 29.3 Å². The number of hydrogen-bond acceptors (Lipinski definition) is 2. The summed E-state index contributed by atoms with van der Waals surface area (Å²) in [5.41, 5.74) is 0.395. The van der Waals surface area contributed by atoms with Crippen LogP contribution in [0.3, 0.4) is 0 Å². The Kier molecular flexibility index (Phi) is 5.03. The molecular weight excluding hydrogens is 256 g/mol. The number of carboxylic acid groups (broad SMARTS) is 1. The van der Waals surface area contributed by atoms with E-state index in [4.69, 9.17) is 16.7 Å². The molecule has 1 rings (SSSR count). The highest BCUT2D eigenvalue weighted by molar-refractivity contribution is 6.34. The number of carboxylic acids is 1. The Hall–Kier alpha value is -2.19. The van der Waals surface area contributed by atoms with Crippen LogP contribution in [0, 0.1) is 11.8 Å². The fourth-order valence-corrected chi connectivity index (χ4v) is 1.36. The number of rotatable bonds is 3. The summed E-state index contributed by atoms with van der Waals surface area (Å²) in [6, 6.07) is 3.60. The minimum absolute atomic E-state index is 0.0582. The van der Waals surface area contributed by atoms with Crippen molar-refractivity contribution in [1.82, 2.24) is 5.32 Å². The molecule has 0 aromatic heterocycles. The van der Waals surface area contributed by atoms with Crippen molar-refractivity contribution in [2.75, 3.05) is 11.9 Å². The molecule has 3 N–H and O–H groups in total. The molecule has 0 saturated heterocycles. The van der Waals surface area contributed by atoms with E-state index in [0.29, 0.717) is 5.69 Å². The SMILES string of the molecule is CC#CCNC(=O)Nc1ccc(C(=O)O)cc1Cl. The quantitative estimate of drug-likeness (QED) is 0.734. The maximum absolute atomic E-state index is 11.4. The highest BCUT2D eigenvalue weighted by Crippen LogP contribution is 2.22. The van der Waals surface area contributed by atoms with Gasteiger partial charge in [0.15, 0.2) is 0 Å². The molecule has 0 aliphatic rings. The summed E-state index contributed by atoms with van der Waals surface area (Å²) in [5, 5.41) is 13.9. The lowest BCUT2D eigenvalue weighted by Crippen LogP contribution is -2.29. The molecule has 0 saturated carbocycles. The summed E-state index contributed by atoms with van der Waals surface area (Å²) in [6.45, 7) is 1.90. The Morgan fingerprint density at radius 3 is 2.72 bits per heavy atom. The van der Waals surface area contributed by atoms with Crippen molar-refractivity contribution in [3.05, 3.63) is 28.8 Å². The average molecular weight is 267 g/mol. The Morgan fingerprint density at radius 1 is 1.44 bits per heavy atom. The van der Waals surface area contributed by atoms with E-state index in [1.54, 1.807) is 6.92 Å². The van der Waals surface area contributed by atoms with Gasteiger partial charge in [0.05, 0.1) is 22.8 Å². The van der Waals surface area contributed by atoms with Gasteiger partial charge in [0, 0.05) is 0 Å². The number of carbonyl (C=O) groups excluding carboxylic acids is 1. The monoisotopic (exact) mass is 266 g/mol. The van der Waals surface area contributed by atoms with Gasteiger partial charge in [-0.3, -0.25) is 0 Å². The molecule has 0 bridgehead atoms. The first kappa shape index (κ1) is 13.9. The van der Waals surface area contributed by atoms with E-state index in [1.165, 1.54) is 18.2 Å². The van der Waals surface area contributed by atoms with E-state index < -0.39 is 12.0 Å². The molecule has 0 aliphatic heterocycles. The van der Waals surface area contributed by atoms with Crippen LogP contribution in [0.5, 0.6) is 0 Å². The van der Waals surface area contributed by atoms with Crippen LogP contribution in [-0.2, 0) is 0 Å². The predicted molar refractivity (Wildman–Crippen MR) is 68.9 cm³/mol. The number of amides is 2. The maximum Gasteiger partial charge on any atom is 0.335 e. The molecule has 0 atom stereocenters. The molecule has 0 radical (unpaired) electrons. The summed E-state index contributed by atoms with van der Waals surface area (Å²) >= 11 is 5.85. The zero-order chi connectivity index (χ0) is 13.5. The van der Waals surface area contributed by atoms with Crippen molar-refractivity contribution in [3.63, 3.8) is 0 Å². The third-order valence-electron chi connectivity index (χ3n) is 1.98. The summed E-state index contributed by atoms with van der Waals surface area (Å²) in [7, 11) is 0. The van der Waals surface area contributed by atoms with Crippen molar-refractivity contribution < 1.29 is 14.7 Å². The predicted octanol–water partition coefficient (Wildman–Crippen LogP) is 2.18. The third-order valence-corrected chi connectivity index (χ3v) is 2.29. The fourth-order valence-electron chi connectivity index (χ4n) is 1.13. The molecule has 5 nitrogen and oxygen atoms in total. The number of aromatic carboxylic acids is 1. The molecule has 0 heterocycles. The van der Waals surface area contributed by atoms with Crippen LogP contribution in [0.2, 0.25) is 5.02 Å². The molecular formula is C12H11ClN2O3. The minimum Gasteiger partial charge on any atom is -0.478 e. The van der Waals surface area contributed by atoms with Crippen LogP contribution in [0.15, 0.2) is 18.2 Å². The van der Waals surface area contributed by atoms with Crippen molar-refractivity contribution in [1.29, 1.82) is 0 Å². The van der Waals surface area contributed by atoms with Gasteiger partial charge in [-0.1, -0.05) is 17.5 Å². The highest BCUT2D eigenvalue weighted by atomic mass is 35.5. The van der Waals surface area contributed by atoms with E-state index in [-0.39, 0.29) is 17.1 Å². The molecule has 2 amide bonds. The molecule has 0 unspecified atom stereocenters. The first-order valence-electron chi connectivity index (χ1n) is 5.02. The highest BCUT2D eigenvalue weighted by Gasteiger charge is 2.08. The average Bonchev–Trinajstić information content (AvgIpc) is 2.32. The Morgan fingerprint density at radius 2 is 2.17 bits per heavy atom. The Labute approximate surface area is 109 Å². The second kappa shape index (κ2) is 6.52. The topological polar surface area (TPSA) is 78.4 Å². The van der Waals surface area contributed by atoms with Gasteiger partial charge < -0.3 is 15.7 Å². The fraction of sp³-hybridized carbons (Fsp3) is 0.167. The van der Waals surface area contributed by atoms with E-state index in [9.17, 15) is 9.59 Å². The van der Waals surface area contributed by atoms with Crippen molar-refractivity contribution in [2.45, 2.75) is 6.92 Å². The number of anilines is 1. The van der Waals surface area contributed by atoms with E-state index in [1.807, 2.05) is 0 Å². The van der Waals surface area contributed by atoms with E-state index in [0.717, 1.165) is 0 Å². The number of urea groups is 1. The number of carbonyl (C=O) groups is 2. The lowest BCUT2D eigenvalue weighted by atomic mass is 10.2. The van der Waals surface area contributed by atoms with Crippen LogP contribution >= 0.6 is 11.6 Å². The molecule has 94 valence electrons. The van der Waals surface area contributed by atoms with E-state index in [2.05, 4.69) is 22.5 Å². The van der Waals surface area contributed by atoms with E-state index >= 15 is 0 Å². The molecule has 1 aromatic rings. The molecule has 1 aromatic carbocycles. The maximum atomic E-state index is 11.4. The molecule has 0 spiro atoms. The number of hydrogen-bond donors (Lipinski definition) is 3. The van der Waals surface area contributed by atoms with Crippen molar-refractivity contribution in [2.24, 2.45) is 0 Å². The van der Waals surface area contributed by atoms with Gasteiger partial charge in [0.25, 0.3) is 0 Å². The van der Waals surface area contributed by atoms with Crippen LogP contribution in [0.1, 0.15) is 17.3 Å². The standard InChI is InChI=1S/C12H11ClN2O3/c1-2-3-6-14-12(18)15-10-5-4-8(11(16)17)7-9(10)13/h4-5,7H,6H2,1H3,(H,16,17)(H2,14,15,18). The van der Waals surface area contributed by atoms with Crippen LogP contribution in [0.25, 0.3) is 0 Å².